The standard InChI is InChI=1S/C19H15NOS/c20-19(21)15-12-10-14(11-13-15)17-8-4-5-9-18(17)22-16-6-2-1-3-7-16/h1-13H,(H2,20,21). The molecule has 0 bridgehead atoms. The summed E-state index contributed by atoms with van der Waals surface area (Å²) >= 11 is 1.73. The number of amides is 1. The van der Waals surface area contributed by atoms with Crippen LogP contribution >= 0.6 is 11.8 Å². The minimum absolute atomic E-state index is 0.404. The summed E-state index contributed by atoms with van der Waals surface area (Å²) in [6.07, 6.45) is 0. The van der Waals surface area contributed by atoms with Gasteiger partial charge >= 0.3 is 0 Å². The molecule has 1 amide bonds. The van der Waals surface area contributed by atoms with Gasteiger partial charge in [0.2, 0.25) is 5.91 Å². The summed E-state index contributed by atoms with van der Waals surface area (Å²) in [7, 11) is 0. The summed E-state index contributed by atoms with van der Waals surface area (Å²) < 4.78 is 0. The predicted octanol–water partition coefficient (Wildman–Crippen LogP) is 4.60. The molecule has 0 fully saturated rings. The van der Waals surface area contributed by atoms with Crippen molar-refractivity contribution in [2.75, 3.05) is 0 Å². The average Bonchev–Trinajstić information content (AvgIpc) is 2.56. The van der Waals surface area contributed by atoms with Crippen molar-refractivity contribution < 1.29 is 4.79 Å². The van der Waals surface area contributed by atoms with Gasteiger partial charge in [0.05, 0.1) is 0 Å². The van der Waals surface area contributed by atoms with Gasteiger partial charge in [0.25, 0.3) is 0 Å². The molecule has 3 rings (SSSR count). The van der Waals surface area contributed by atoms with E-state index < -0.39 is 5.91 Å². The minimum atomic E-state index is -0.404. The first-order valence-corrected chi connectivity index (χ1v) is 7.78. The molecule has 2 nitrogen and oxygen atoms in total. The van der Waals surface area contributed by atoms with Gasteiger partial charge in [-0.1, -0.05) is 60.3 Å². The van der Waals surface area contributed by atoms with Crippen molar-refractivity contribution in [2.45, 2.75) is 9.79 Å². The van der Waals surface area contributed by atoms with E-state index in [1.54, 1.807) is 23.9 Å². The van der Waals surface area contributed by atoms with Crippen LogP contribution in [0.4, 0.5) is 0 Å². The predicted molar refractivity (Wildman–Crippen MR) is 91.0 cm³/mol. The summed E-state index contributed by atoms with van der Waals surface area (Å²) in [6, 6.07) is 25.9. The highest BCUT2D eigenvalue weighted by atomic mass is 32.2. The van der Waals surface area contributed by atoms with Crippen molar-refractivity contribution in [2.24, 2.45) is 5.73 Å². The Labute approximate surface area is 134 Å². The third kappa shape index (κ3) is 3.21. The lowest BCUT2D eigenvalue weighted by Gasteiger charge is -2.09. The van der Waals surface area contributed by atoms with E-state index in [4.69, 9.17) is 5.73 Å². The first-order chi connectivity index (χ1) is 10.7. The van der Waals surface area contributed by atoms with E-state index in [0.717, 1.165) is 11.1 Å². The number of rotatable bonds is 4. The summed E-state index contributed by atoms with van der Waals surface area (Å²) in [6.45, 7) is 0. The molecule has 0 atom stereocenters. The molecule has 0 heterocycles. The third-order valence-electron chi connectivity index (χ3n) is 3.34. The van der Waals surface area contributed by atoms with Crippen LogP contribution in [0, 0.1) is 0 Å². The zero-order valence-corrected chi connectivity index (χ0v) is 12.7. The highest BCUT2D eigenvalue weighted by Gasteiger charge is 2.07. The first-order valence-electron chi connectivity index (χ1n) is 6.96. The smallest absolute Gasteiger partial charge is 0.248 e. The van der Waals surface area contributed by atoms with Gasteiger partial charge in [0.1, 0.15) is 0 Å². The summed E-state index contributed by atoms with van der Waals surface area (Å²) in [5, 5.41) is 0. The quantitative estimate of drug-likeness (QED) is 0.765. The van der Waals surface area contributed by atoms with Gasteiger partial charge in [-0.3, -0.25) is 4.79 Å². The molecule has 0 aromatic heterocycles. The first kappa shape index (κ1) is 14.4. The number of benzene rings is 3. The van der Waals surface area contributed by atoms with E-state index in [9.17, 15) is 4.79 Å². The molecule has 22 heavy (non-hydrogen) atoms. The molecular formula is C19H15NOS. The van der Waals surface area contributed by atoms with E-state index in [1.165, 1.54) is 9.79 Å². The number of hydrogen-bond donors (Lipinski definition) is 1. The van der Waals surface area contributed by atoms with Crippen LogP contribution in [0.3, 0.4) is 0 Å². The molecule has 108 valence electrons. The molecular weight excluding hydrogens is 290 g/mol. The summed E-state index contributed by atoms with van der Waals surface area (Å²) in [4.78, 5) is 13.6. The van der Waals surface area contributed by atoms with Crippen LogP contribution in [0.1, 0.15) is 10.4 Å². The van der Waals surface area contributed by atoms with Gasteiger partial charge in [-0.25, -0.2) is 0 Å². The minimum Gasteiger partial charge on any atom is -0.366 e. The van der Waals surface area contributed by atoms with Crippen molar-refractivity contribution in [3.05, 3.63) is 84.4 Å². The zero-order valence-electron chi connectivity index (χ0n) is 11.9. The molecule has 0 saturated carbocycles. The highest BCUT2D eigenvalue weighted by molar-refractivity contribution is 7.99. The van der Waals surface area contributed by atoms with E-state index >= 15 is 0 Å². The Morgan fingerprint density at radius 1 is 0.773 bits per heavy atom. The molecule has 3 aromatic carbocycles. The molecule has 0 unspecified atom stereocenters. The molecule has 0 aliphatic rings. The van der Waals surface area contributed by atoms with Gasteiger partial charge in [-0.15, -0.1) is 0 Å². The van der Waals surface area contributed by atoms with Crippen LogP contribution < -0.4 is 5.73 Å². The Hall–Kier alpha value is -2.52. The van der Waals surface area contributed by atoms with Gasteiger partial charge in [0.15, 0.2) is 0 Å². The SMILES string of the molecule is NC(=O)c1ccc(-c2ccccc2Sc2ccccc2)cc1. The topological polar surface area (TPSA) is 43.1 Å². The molecule has 0 spiro atoms. The van der Waals surface area contributed by atoms with Crippen LogP contribution in [0.25, 0.3) is 11.1 Å². The maximum Gasteiger partial charge on any atom is 0.248 e. The van der Waals surface area contributed by atoms with E-state index in [0.29, 0.717) is 5.56 Å². The van der Waals surface area contributed by atoms with Crippen LogP contribution in [0.15, 0.2) is 88.7 Å². The zero-order chi connectivity index (χ0) is 15.4. The second kappa shape index (κ2) is 6.50. The van der Waals surface area contributed by atoms with Crippen molar-refractivity contribution in [1.82, 2.24) is 0 Å². The Morgan fingerprint density at radius 3 is 2.09 bits per heavy atom. The van der Waals surface area contributed by atoms with Crippen molar-refractivity contribution in [3.63, 3.8) is 0 Å². The second-order valence-corrected chi connectivity index (χ2v) is 5.97. The molecule has 2 N–H and O–H groups in total. The maximum atomic E-state index is 11.2. The van der Waals surface area contributed by atoms with Crippen molar-refractivity contribution in [1.29, 1.82) is 0 Å². The lowest BCUT2D eigenvalue weighted by Crippen LogP contribution is -2.10. The van der Waals surface area contributed by atoms with Gasteiger partial charge in [-0.2, -0.15) is 0 Å². The molecule has 0 aliphatic carbocycles. The summed E-state index contributed by atoms with van der Waals surface area (Å²) in [5.74, 6) is -0.404. The summed E-state index contributed by atoms with van der Waals surface area (Å²) in [5.41, 5.74) is 8.04. The molecule has 0 aliphatic heterocycles. The van der Waals surface area contributed by atoms with Crippen LogP contribution in [0.5, 0.6) is 0 Å². The fraction of sp³-hybridized carbons (Fsp3) is 0. The molecule has 3 heteroatoms. The van der Waals surface area contributed by atoms with E-state index in [-0.39, 0.29) is 0 Å². The lowest BCUT2D eigenvalue weighted by atomic mass is 10.0. The third-order valence-corrected chi connectivity index (χ3v) is 4.42. The van der Waals surface area contributed by atoms with Crippen molar-refractivity contribution >= 4 is 17.7 Å². The lowest BCUT2D eigenvalue weighted by molar-refractivity contribution is 0.100. The average molecular weight is 305 g/mol. The monoisotopic (exact) mass is 305 g/mol. The van der Waals surface area contributed by atoms with E-state index in [2.05, 4.69) is 24.3 Å². The Balaban J connectivity index is 1.95. The maximum absolute atomic E-state index is 11.2. The normalized spacial score (nSPS) is 10.4. The van der Waals surface area contributed by atoms with Gasteiger partial charge < -0.3 is 5.73 Å². The van der Waals surface area contributed by atoms with Crippen LogP contribution in [-0.4, -0.2) is 5.91 Å². The fourth-order valence-corrected chi connectivity index (χ4v) is 3.21. The highest BCUT2D eigenvalue weighted by Crippen LogP contribution is 2.35. The van der Waals surface area contributed by atoms with E-state index in [1.807, 2.05) is 42.5 Å². The number of hydrogen-bond acceptors (Lipinski definition) is 2. The second-order valence-electron chi connectivity index (χ2n) is 4.85. The fourth-order valence-electron chi connectivity index (χ4n) is 2.22. The molecule has 0 saturated heterocycles. The Morgan fingerprint density at radius 2 is 1.41 bits per heavy atom. The van der Waals surface area contributed by atoms with Crippen molar-refractivity contribution in [3.8, 4) is 11.1 Å². The number of carbonyl (C=O) groups excluding carboxylic acids is 1. The van der Waals surface area contributed by atoms with Gasteiger partial charge in [-0.05, 0) is 41.5 Å². The Kier molecular flexibility index (Phi) is 4.26. The molecule has 3 aromatic rings. The van der Waals surface area contributed by atoms with Gasteiger partial charge in [0, 0.05) is 15.4 Å². The Bertz CT molecular complexity index is 782. The van der Waals surface area contributed by atoms with Crippen LogP contribution in [0.2, 0.25) is 0 Å². The number of primary amides is 1. The number of nitrogens with two attached hydrogens (primary N) is 1. The molecule has 0 radical (unpaired) electrons. The largest absolute Gasteiger partial charge is 0.366 e. The van der Waals surface area contributed by atoms with Crippen LogP contribution in [-0.2, 0) is 0 Å². The number of carbonyl (C=O) groups is 1.